The summed E-state index contributed by atoms with van der Waals surface area (Å²) in [6.45, 7) is 3.61. The van der Waals surface area contributed by atoms with E-state index < -0.39 is 0 Å². The standard InChI is InChI=1S/C21H23NO4/c1-15-4-7-18(24-3)17(12-15)14-22(2)21(23)9-6-16-5-8-19-20(13-16)26-11-10-25-19/h4-9,12-13H,10-11,14H2,1-3H3/b9-6+. The molecule has 0 saturated carbocycles. The first kappa shape index (κ1) is 17.9. The number of carbonyl (C=O) groups excluding carboxylic acids is 1. The lowest BCUT2D eigenvalue weighted by Gasteiger charge is -2.19. The third kappa shape index (κ3) is 4.17. The number of ether oxygens (including phenoxy) is 3. The number of benzene rings is 2. The fourth-order valence-electron chi connectivity index (χ4n) is 2.82. The van der Waals surface area contributed by atoms with Crippen molar-refractivity contribution >= 4 is 12.0 Å². The number of hydrogen-bond donors (Lipinski definition) is 0. The van der Waals surface area contributed by atoms with E-state index in [9.17, 15) is 4.79 Å². The minimum atomic E-state index is -0.0801. The first-order valence-corrected chi connectivity index (χ1v) is 8.53. The first-order chi connectivity index (χ1) is 12.6. The summed E-state index contributed by atoms with van der Waals surface area (Å²) < 4.78 is 16.5. The number of carbonyl (C=O) groups is 1. The van der Waals surface area contributed by atoms with E-state index in [1.54, 1.807) is 31.2 Å². The second kappa shape index (κ2) is 7.95. The lowest BCUT2D eigenvalue weighted by molar-refractivity contribution is -0.125. The van der Waals surface area contributed by atoms with Crippen molar-refractivity contribution in [3.05, 3.63) is 59.2 Å². The molecule has 0 atom stereocenters. The van der Waals surface area contributed by atoms with Gasteiger partial charge in [0.1, 0.15) is 19.0 Å². The topological polar surface area (TPSA) is 48.0 Å². The summed E-state index contributed by atoms with van der Waals surface area (Å²) in [6.07, 6.45) is 3.35. The average molecular weight is 353 g/mol. The lowest BCUT2D eigenvalue weighted by atomic mass is 10.1. The van der Waals surface area contributed by atoms with Crippen molar-refractivity contribution in [1.82, 2.24) is 4.90 Å². The molecule has 0 aliphatic carbocycles. The number of likely N-dealkylation sites (N-methyl/N-ethyl adjacent to an activating group) is 1. The first-order valence-electron chi connectivity index (χ1n) is 8.53. The zero-order chi connectivity index (χ0) is 18.5. The van der Waals surface area contributed by atoms with Crippen LogP contribution in [0.25, 0.3) is 6.08 Å². The van der Waals surface area contributed by atoms with Crippen LogP contribution in [0.3, 0.4) is 0 Å². The molecule has 0 fully saturated rings. The number of rotatable bonds is 5. The van der Waals surface area contributed by atoms with Gasteiger partial charge in [0.2, 0.25) is 5.91 Å². The largest absolute Gasteiger partial charge is 0.496 e. The van der Waals surface area contributed by atoms with E-state index in [-0.39, 0.29) is 5.91 Å². The smallest absolute Gasteiger partial charge is 0.246 e. The molecular formula is C21H23NO4. The Labute approximate surface area is 153 Å². The van der Waals surface area contributed by atoms with Gasteiger partial charge in [-0.25, -0.2) is 0 Å². The van der Waals surface area contributed by atoms with E-state index in [1.165, 1.54) is 0 Å². The van der Waals surface area contributed by atoms with Crippen LogP contribution in [0.4, 0.5) is 0 Å². The van der Waals surface area contributed by atoms with Crippen LogP contribution in [0.1, 0.15) is 16.7 Å². The van der Waals surface area contributed by atoms with E-state index in [4.69, 9.17) is 14.2 Å². The molecule has 0 aromatic heterocycles. The van der Waals surface area contributed by atoms with Crippen LogP contribution in [0.2, 0.25) is 0 Å². The maximum absolute atomic E-state index is 12.4. The molecule has 5 nitrogen and oxygen atoms in total. The Morgan fingerprint density at radius 3 is 2.69 bits per heavy atom. The maximum atomic E-state index is 12.4. The van der Waals surface area contributed by atoms with Gasteiger partial charge < -0.3 is 19.1 Å². The predicted molar refractivity (Wildman–Crippen MR) is 101 cm³/mol. The number of amides is 1. The molecular weight excluding hydrogens is 330 g/mol. The molecule has 0 bridgehead atoms. The van der Waals surface area contributed by atoms with Crippen LogP contribution in [0.15, 0.2) is 42.5 Å². The fraction of sp³-hybridized carbons (Fsp3) is 0.286. The Morgan fingerprint density at radius 1 is 1.15 bits per heavy atom. The minimum absolute atomic E-state index is 0.0801. The number of methoxy groups -OCH3 is 1. The summed E-state index contributed by atoms with van der Waals surface area (Å²) in [5.41, 5.74) is 3.01. The molecule has 2 aromatic carbocycles. The van der Waals surface area contributed by atoms with E-state index in [0.29, 0.717) is 25.5 Å². The van der Waals surface area contributed by atoms with Crippen LogP contribution in [-0.4, -0.2) is 38.2 Å². The van der Waals surface area contributed by atoms with Crippen LogP contribution in [-0.2, 0) is 11.3 Å². The zero-order valence-electron chi connectivity index (χ0n) is 15.3. The Kier molecular flexibility index (Phi) is 5.46. The second-order valence-corrected chi connectivity index (χ2v) is 6.25. The van der Waals surface area contributed by atoms with Crippen molar-refractivity contribution in [3.8, 4) is 17.2 Å². The summed E-state index contributed by atoms with van der Waals surface area (Å²) in [5.74, 6) is 2.15. The number of nitrogens with zero attached hydrogens (tertiary/aromatic N) is 1. The Morgan fingerprint density at radius 2 is 1.92 bits per heavy atom. The Bertz CT molecular complexity index is 829. The van der Waals surface area contributed by atoms with Crippen molar-refractivity contribution in [2.24, 2.45) is 0 Å². The summed E-state index contributed by atoms with van der Waals surface area (Å²) in [7, 11) is 3.41. The molecule has 0 saturated heterocycles. The Balaban J connectivity index is 1.67. The predicted octanol–water partition coefficient (Wildman–Crippen LogP) is 3.45. The highest BCUT2D eigenvalue weighted by Gasteiger charge is 2.12. The SMILES string of the molecule is COc1ccc(C)cc1CN(C)C(=O)/C=C/c1ccc2c(c1)OCCO2. The molecule has 1 amide bonds. The molecule has 1 aliphatic heterocycles. The van der Waals surface area contributed by atoms with Gasteiger partial charge in [0.25, 0.3) is 0 Å². The molecule has 5 heteroatoms. The van der Waals surface area contributed by atoms with Crippen molar-refractivity contribution in [2.75, 3.05) is 27.4 Å². The van der Waals surface area contributed by atoms with Crippen molar-refractivity contribution in [1.29, 1.82) is 0 Å². The molecule has 0 radical (unpaired) electrons. The number of hydrogen-bond acceptors (Lipinski definition) is 4. The van der Waals surface area contributed by atoms with Gasteiger partial charge in [0.15, 0.2) is 11.5 Å². The van der Waals surface area contributed by atoms with Gasteiger partial charge in [-0.2, -0.15) is 0 Å². The number of aryl methyl sites for hydroxylation is 1. The van der Waals surface area contributed by atoms with Crippen LogP contribution in [0, 0.1) is 6.92 Å². The summed E-state index contributed by atoms with van der Waals surface area (Å²) >= 11 is 0. The molecule has 3 rings (SSSR count). The average Bonchev–Trinajstić information content (AvgIpc) is 2.66. The van der Waals surface area contributed by atoms with Crippen molar-refractivity contribution in [3.63, 3.8) is 0 Å². The van der Waals surface area contributed by atoms with Gasteiger partial charge >= 0.3 is 0 Å². The van der Waals surface area contributed by atoms with Crippen LogP contribution >= 0.6 is 0 Å². The van der Waals surface area contributed by atoms with Gasteiger partial charge in [0, 0.05) is 25.2 Å². The molecule has 0 N–H and O–H groups in total. The maximum Gasteiger partial charge on any atom is 0.246 e. The third-order valence-corrected chi connectivity index (χ3v) is 4.20. The summed E-state index contributed by atoms with van der Waals surface area (Å²) in [5, 5.41) is 0. The van der Waals surface area contributed by atoms with Gasteiger partial charge in [-0.05, 0) is 36.8 Å². The zero-order valence-corrected chi connectivity index (χ0v) is 15.3. The number of fused-ring (bicyclic) bond motifs is 1. The van der Waals surface area contributed by atoms with Crippen molar-refractivity contribution < 1.29 is 19.0 Å². The Hall–Kier alpha value is -2.95. The monoisotopic (exact) mass is 353 g/mol. The molecule has 2 aromatic rings. The molecule has 136 valence electrons. The molecule has 0 unspecified atom stereocenters. The normalized spacial score (nSPS) is 12.9. The second-order valence-electron chi connectivity index (χ2n) is 6.25. The minimum Gasteiger partial charge on any atom is -0.496 e. The van der Waals surface area contributed by atoms with Crippen molar-refractivity contribution in [2.45, 2.75) is 13.5 Å². The van der Waals surface area contributed by atoms with Crippen LogP contribution in [0.5, 0.6) is 17.2 Å². The molecule has 1 heterocycles. The highest BCUT2D eigenvalue weighted by atomic mass is 16.6. The molecule has 0 spiro atoms. The van der Waals surface area contributed by atoms with Crippen LogP contribution < -0.4 is 14.2 Å². The van der Waals surface area contributed by atoms with E-state index in [1.807, 2.05) is 43.3 Å². The van der Waals surface area contributed by atoms with Gasteiger partial charge in [0.05, 0.1) is 7.11 Å². The third-order valence-electron chi connectivity index (χ3n) is 4.20. The highest BCUT2D eigenvalue weighted by Crippen LogP contribution is 2.31. The summed E-state index contributed by atoms with van der Waals surface area (Å²) in [6, 6.07) is 11.6. The van der Waals surface area contributed by atoms with Gasteiger partial charge in [-0.1, -0.05) is 23.8 Å². The lowest BCUT2D eigenvalue weighted by Crippen LogP contribution is -2.24. The van der Waals surface area contributed by atoms with E-state index >= 15 is 0 Å². The van der Waals surface area contributed by atoms with E-state index in [0.717, 1.165) is 28.2 Å². The molecule has 1 aliphatic rings. The summed E-state index contributed by atoms with van der Waals surface area (Å²) in [4.78, 5) is 14.1. The highest BCUT2D eigenvalue weighted by molar-refractivity contribution is 5.91. The van der Waals surface area contributed by atoms with Gasteiger partial charge in [-0.15, -0.1) is 0 Å². The van der Waals surface area contributed by atoms with Gasteiger partial charge in [-0.3, -0.25) is 4.79 Å². The van der Waals surface area contributed by atoms with E-state index in [2.05, 4.69) is 0 Å². The fourth-order valence-corrected chi connectivity index (χ4v) is 2.82. The molecule has 26 heavy (non-hydrogen) atoms. The quantitative estimate of drug-likeness (QED) is 0.773.